The van der Waals surface area contributed by atoms with Gasteiger partial charge in [0, 0.05) is 22.7 Å². The zero-order chi connectivity index (χ0) is 20.2. The van der Waals surface area contributed by atoms with Crippen molar-refractivity contribution in [3.05, 3.63) is 81.5 Å². The van der Waals surface area contributed by atoms with Crippen molar-refractivity contribution in [3.63, 3.8) is 0 Å². The van der Waals surface area contributed by atoms with Crippen molar-refractivity contribution in [1.82, 2.24) is 4.90 Å². The first kappa shape index (κ1) is 18.6. The van der Waals surface area contributed by atoms with Gasteiger partial charge in [-0.3, -0.25) is 14.6 Å². The summed E-state index contributed by atoms with van der Waals surface area (Å²) < 4.78 is 6.45. The van der Waals surface area contributed by atoms with Crippen LogP contribution in [-0.4, -0.2) is 21.6 Å². The molecule has 5 rings (SSSR count). The molecule has 2 aromatic carbocycles. The molecule has 1 fully saturated rings. The van der Waals surface area contributed by atoms with Crippen LogP contribution in [0.3, 0.4) is 0 Å². The minimum Gasteiger partial charge on any atom is -0.467 e. The van der Waals surface area contributed by atoms with Crippen LogP contribution in [0.5, 0.6) is 5.75 Å². The summed E-state index contributed by atoms with van der Waals surface area (Å²) in [7, 11) is 0. The Kier molecular flexibility index (Phi) is 4.38. The lowest BCUT2D eigenvalue weighted by atomic mass is 9.88. The quantitative estimate of drug-likeness (QED) is 0.465. The summed E-state index contributed by atoms with van der Waals surface area (Å²) in [5.74, 6) is 0.617. The summed E-state index contributed by atoms with van der Waals surface area (Å²) in [6.45, 7) is 2.02. The van der Waals surface area contributed by atoms with Crippen molar-refractivity contribution in [1.29, 1.82) is 0 Å². The molecule has 2 aliphatic heterocycles. The molecule has 7 heteroatoms. The molecular formula is C22H17ClN2O2S2. The molecule has 1 aromatic heterocycles. The van der Waals surface area contributed by atoms with Crippen molar-refractivity contribution >= 4 is 51.9 Å². The number of hydrogen-bond donors (Lipinski definition) is 0. The molecule has 2 unspecified atom stereocenters. The SMILES string of the molecule is CC12CC(c3cc(Cl)ccc3O1)N(C(=O)c1cccs1)C(=S)N2c1ccccc1. The van der Waals surface area contributed by atoms with E-state index in [9.17, 15) is 4.79 Å². The summed E-state index contributed by atoms with van der Waals surface area (Å²) in [6.07, 6.45) is 0.576. The number of halogens is 1. The smallest absolute Gasteiger partial charge is 0.270 e. The number of hydrogen-bond acceptors (Lipinski definition) is 4. The number of para-hydroxylation sites is 1. The number of benzene rings is 2. The van der Waals surface area contributed by atoms with Crippen molar-refractivity contribution in [3.8, 4) is 5.75 Å². The summed E-state index contributed by atoms with van der Waals surface area (Å²) >= 11 is 13.6. The standard InChI is InChI=1S/C22H17ClN2O2S2/c1-22-13-17(16-12-14(23)9-10-18(16)27-22)24(20(26)19-8-5-11-29-19)21(28)25(22)15-6-3-2-4-7-15/h2-12,17H,13H2,1H3. The highest BCUT2D eigenvalue weighted by Gasteiger charge is 2.53. The number of ether oxygens (including phenoxy) is 1. The Morgan fingerprint density at radius 1 is 1.21 bits per heavy atom. The monoisotopic (exact) mass is 440 g/mol. The Morgan fingerprint density at radius 2 is 2.00 bits per heavy atom. The van der Waals surface area contributed by atoms with Crippen molar-refractivity contribution in [2.75, 3.05) is 4.90 Å². The zero-order valence-corrected chi connectivity index (χ0v) is 17.9. The summed E-state index contributed by atoms with van der Waals surface area (Å²) in [4.78, 5) is 17.8. The predicted octanol–water partition coefficient (Wildman–Crippen LogP) is 5.89. The predicted molar refractivity (Wildman–Crippen MR) is 120 cm³/mol. The number of amides is 1. The van der Waals surface area contributed by atoms with E-state index >= 15 is 0 Å². The third-order valence-corrected chi connectivity index (χ3v) is 6.85. The second kappa shape index (κ2) is 6.83. The highest BCUT2D eigenvalue weighted by molar-refractivity contribution is 7.80. The van der Waals surface area contributed by atoms with Crippen LogP contribution in [0.2, 0.25) is 5.02 Å². The number of carbonyl (C=O) groups is 1. The van der Waals surface area contributed by atoms with E-state index in [0.29, 0.717) is 21.4 Å². The van der Waals surface area contributed by atoms with E-state index in [0.717, 1.165) is 17.0 Å². The first-order valence-electron chi connectivity index (χ1n) is 9.23. The van der Waals surface area contributed by atoms with Gasteiger partial charge >= 0.3 is 0 Å². The Bertz CT molecular complexity index is 1100. The molecule has 0 aliphatic carbocycles. The van der Waals surface area contributed by atoms with Crippen molar-refractivity contribution in [2.45, 2.75) is 25.1 Å². The Labute approximate surface area is 183 Å². The van der Waals surface area contributed by atoms with Crippen LogP contribution in [-0.2, 0) is 0 Å². The van der Waals surface area contributed by atoms with Crippen LogP contribution < -0.4 is 9.64 Å². The lowest BCUT2D eigenvalue weighted by Crippen LogP contribution is -2.67. The van der Waals surface area contributed by atoms with Gasteiger partial charge in [0.25, 0.3) is 5.91 Å². The molecule has 2 bridgehead atoms. The van der Waals surface area contributed by atoms with E-state index < -0.39 is 5.72 Å². The first-order chi connectivity index (χ1) is 14.0. The topological polar surface area (TPSA) is 32.8 Å². The fourth-order valence-corrected chi connectivity index (χ4v) is 5.49. The largest absolute Gasteiger partial charge is 0.467 e. The Balaban J connectivity index is 1.70. The van der Waals surface area contributed by atoms with Gasteiger partial charge in [-0.1, -0.05) is 35.9 Å². The number of fused-ring (bicyclic) bond motifs is 4. The molecule has 3 aromatic rings. The fourth-order valence-electron chi connectivity index (χ4n) is 4.14. The molecule has 4 nitrogen and oxygen atoms in total. The van der Waals surface area contributed by atoms with Crippen molar-refractivity contribution in [2.24, 2.45) is 0 Å². The third-order valence-electron chi connectivity index (χ3n) is 5.38. The average Bonchev–Trinajstić information content (AvgIpc) is 3.24. The van der Waals surface area contributed by atoms with Crippen LogP contribution in [0.25, 0.3) is 0 Å². The number of anilines is 1. The lowest BCUT2D eigenvalue weighted by Gasteiger charge is -2.55. The first-order valence-corrected chi connectivity index (χ1v) is 10.9. The summed E-state index contributed by atoms with van der Waals surface area (Å²) in [6, 6.07) is 18.8. The van der Waals surface area contributed by atoms with Crippen LogP contribution in [0.1, 0.15) is 34.6 Å². The molecule has 3 heterocycles. The lowest BCUT2D eigenvalue weighted by molar-refractivity contribution is 0.0186. The van der Waals surface area contributed by atoms with E-state index in [-0.39, 0.29) is 11.9 Å². The molecule has 0 N–H and O–H groups in total. The van der Waals surface area contributed by atoms with Gasteiger partial charge in [0.2, 0.25) is 0 Å². The molecule has 1 amide bonds. The molecule has 2 aliphatic rings. The van der Waals surface area contributed by atoms with Gasteiger partial charge in [-0.15, -0.1) is 11.3 Å². The van der Waals surface area contributed by atoms with Crippen LogP contribution in [0.15, 0.2) is 66.0 Å². The van der Waals surface area contributed by atoms with Crippen LogP contribution >= 0.6 is 35.2 Å². The molecule has 146 valence electrons. The van der Waals surface area contributed by atoms with E-state index in [4.69, 9.17) is 28.6 Å². The van der Waals surface area contributed by atoms with E-state index in [2.05, 4.69) is 0 Å². The third kappa shape index (κ3) is 2.94. The highest BCUT2D eigenvalue weighted by atomic mass is 35.5. The molecule has 0 saturated carbocycles. The van der Waals surface area contributed by atoms with E-state index in [1.807, 2.05) is 71.8 Å². The Hall–Kier alpha value is -2.41. The van der Waals surface area contributed by atoms with E-state index in [1.165, 1.54) is 11.3 Å². The van der Waals surface area contributed by atoms with Gasteiger partial charge < -0.3 is 4.74 Å². The molecule has 1 saturated heterocycles. The fraction of sp³-hybridized carbons (Fsp3) is 0.182. The van der Waals surface area contributed by atoms with E-state index in [1.54, 1.807) is 11.0 Å². The maximum Gasteiger partial charge on any atom is 0.270 e. The van der Waals surface area contributed by atoms with Gasteiger partial charge in [-0.25, -0.2) is 0 Å². The highest BCUT2D eigenvalue weighted by Crippen LogP contribution is 2.50. The number of thiocarbonyl (C=S) groups is 1. The van der Waals surface area contributed by atoms with Gasteiger partial charge in [0.1, 0.15) is 5.75 Å². The molecule has 0 spiro atoms. The number of thiophene rings is 1. The van der Waals surface area contributed by atoms with Gasteiger partial charge in [-0.2, -0.15) is 0 Å². The number of rotatable bonds is 2. The van der Waals surface area contributed by atoms with Gasteiger partial charge in [-0.05, 0) is 60.9 Å². The maximum atomic E-state index is 13.5. The summed E-state index contributed by atoms with van der Waals surface area (Å²) in [5.41, 5.74) is 1.06. The van der Waals surface area contributed by atoms with Crippen LogP contribution in [0, 0.1) is 0 Å². The molecule has 2 atom stereocenters. The Morgan fingerprint density at radius 3 is 2.72 bits per heavy atom. The second-order valence-electron chi connectivity index (χ2n) is 7.29. The van der Waals surface area contributed by atoms with Crippen LogP contribution in [0.4, 0.5) is 5.69 Å². The molecule has 0 radical (unpaired) electrons. The number of nitrogens with zero attached hydrogens (tertiary/aromatic N) is 2. The normalized spacial score (nSPS) is 22.8. The minimum absolute atomic E-state index is 0.106. The van der Waals surface area contributed by atoms with Gasteiger partial charge in [0.15, 0.2) is 10.8 Å². The number of carbonyl (C=O) groups excluding carboxylic acids is 1. The average molecular weight is 441 g/mol. The van der Waals surface area contributed by atoms with Crippen molar-refractivity contribution < 1.29 is 9.53 Å². The zero-order valence-electron chi connectivity index (χ0n) is 15.5. The maximum absolute atomic E-state index is 13.5. The molecule has 29 heavy (non-hydrogen) atoms. The molecular weight excluding hydrogens is 424 g/mol. The van der Waals surface area contributed by atoms with Gasteiger partial charge in [0.05, 0.1) is 10.9 Å². The summed E-state index contributed by atoms with van der Waals surface area (Å²) in [5, 5.41) is 2.93. The minimum atomic E-state index is -0.712. The second-order valence-corrected chi connectivity index (χ2v) is 9.03.